The fourth-order valence-electron chi connectivity index (χ4n) is 3.92. The quantitative estimate of drug-likeness (QED) is 0.873. The summed E-state index contributed by atoms with van der Waals surface area (Å²) < 4.78 is 7.70. The third kappa shape index (κ3) is 3.68. The second-order valence-corrected chi connectivity index (χ2v) is 8.96. The molecule has 0 spiro atoms. The highest BCUT2D eigenvalue weighted by Gasteiger charge is 2.38. The van der Waals surface area contributed by atoms with E-state index in [4.69, 9.17) is 9.72 Å². The van der Waals surface area contributed by atoms with Gasteiger partial charge in [0.05, 0.1) is 29.7 Å². The average Bonchev–Trinajstić information content (AvgIpc) is 3.35. The molecular formula is C21H29N3O3. The topological polar surface area (TPSA) is 67.6 Å². The number of benzene rings is 1. The smallest absolute Gasteiger partial charge is 0.410 e. The fourth-order valence-corrected chi connectivity index (χ4v) is 3.92. The molecular weight excluding hydrogens is 342 g/mol. The summed E-state index contributed by atoms with van der Waals surface area (Å²) in [7, 11) is 0. The van der Waals surface area contributed by atoms with Crippen LogP contribution in [0.1, 0.15) is 63.4 Å². The molecule has 1 saturated carbocycles. The summed E-state index contributed by atoms with van der Waals surface area (Å²) in [4.78, 5) is 18.9. The number of β-amino-alcohol motifs (C(OH)–C–C–N with tert-alkyl or cyclic N) is 1. The van der Waals surface area contributed by atoms with Gasteiger partial charge >= 0.3 is 6.09 Å². The zero-order valence-corrected chi connectivity index (χ0v) is 16.6. The number of aliphatic hydroxyl groups is 1. The molecule has 2 heterocycles. The molecule has 6 nitrogen and oxygen atoms in total. The van der Waals surface area contributed by atoms with Gasteiger partial charge in [0, 0.05) is 12.5 Å². The van der Waals surface area contributed by atoms with Crippen LogP contribution in [0.3, 0.4) is 0 Å². The molecule has 27 heavy (non-hydrogen) atoms. The summed E-state index contributed by atoms with van der Waals surface area (Å²) in [5.41, 5.74) is 2.74. The molecule has 2 aliphatic rings. The zero-order chi connectivity index (χ0) is 19.3. The van der Waals surface area contributed by atoms with E-state index in [1.807, 2.05) is 20.8 Å². The highest BCUT2D eigenvalue weighted by Crippen LogP contribution is 2.43. The Kier molecular flexibility index (Phi) is 4.41. The lowest BCUT2D eigenvalue weighted by Gasteiger charge is -2.38. The first-order chi connectivity index (χ1) is 12.7. The second-order valence-electron chi connectivity index (χ2n) is 8.96. The van der Waals surface area contributed by atoms with Crippen LogP contribution in [0.4, 0.5) is 4.79 Å². The first-order valence-corrected chi connectivity index (χ1v) is 9.87. The minimum absolute atomic E-state index is 0.0630. The first kappa shape index (κ1) is 18.3. The summed E-state index contributed by atoms with van der Waals surface area (Å²) in [6.45, 7) is 8.51. The van der Waals surface area contributed by atoms with Gasteiger partial charge in [-0.2, -0.15) is 0 Å². The largest absolute Gasteiger partial charge is 0.444 e. The maximum Gasteiger partial charge on any atom is 0.410 e. The summed E-state index contributed by atoms with van der Waals surface area (Å²) in [5.74, 6) is 1.58. The third-order valence-corrected chi connectivity index (χ3v) is 5.34. The van der Waals surface area contributed by atoms with Crippen LogP contribution < -0.4 is 0 Å². The van der Waals surface area contributed by atoms with Gasteiger partial charge in [0.25, 0.3) is 0 Å². The van der Waals surface area contributed by atoms with Crippen molar-refractivity contribution in [3.63, 3.8) is 0 Å². The standard InChI is InChI=1S/C21H29N3O3/c1-13-5-8-16-15(11-13)22-19(14-6-7-14)24(16)17-9-10-23(12-18(17)25)20(26)27-21(2,3)4/h5,8,11,14,17-18,25H,6-7,9-10,12H2,1-4H3/t17-,18?/m0/s1. The Labute approximate surface area is 160 Å². The lowest BCUT2D eigenvalue weighted by atomic mass is 10.0. The number of hydrogen-bond acceptors (Lipinski definition) is 4. The monoisotopic (exact) mass is 371 g/mol. The first-order valence-electron chi connectivity index (χ1n) is 9.87. The molecule has 6 heteroatoms. The lowest BCUT2D eigenvalue weighted by Crippen LogP contribution is -2.48. The Hall–Kier alpha value is -2.08. The van der Waals surface area contributed by atoms with Crippen LogP contribution >= 0.6 is 0 Å². The van der Waals surface area contributed by atoms with Crippen molar-refractivity contribution in [1.29, 1.82) is 0 Å². The minimum Gasteiger partial charge on any atom is -0.444 e. The van der Waals surface area contributed by atoms with Gasteiger partial charge in [0.15, 0.2) is 0 Å². The van der Waals surface area contributed by atoms with Crippen molar-refractivity contribution in [2.45, 2.75) is 70.6 Å². The summed E-state index contributed by atoms with van der Waals surface area (Å²) in [6.07, 6.45) is 2.03. The van der Waals surface area contributed by atoms with E-state index < -0.39 is 11.7 Å². The summed E-state index contributed by atoms with van der Waals surface area (Å²) >= 11 is 0. The van der Waals surface area contributed by atoms with Crippen LogP contribution in [0, 0.1) is 6.92 Å². The van der Waals surface area contributed by atoms with Gasteiger partial charge < -0.3 is 19.3 Å². The van der Waals surface area contributed by atoms with E-state index in [-0.39, 0.29) is 18.7 Å². The lowest BCUT2D eigenvalue weighted by molar-refractivity contribution is -0.00977. The van der Waals surface area contributed by atoms with Crippen molar-refractivity contribution in [3.05, 3.63) is 29.6 Å². The normalized spacial score (nSPS) is 23.7. The molecule has 146 valence electrons. The number of imidazole rings is 1. The third-order valence-electron chi connectivity index (χ3n) is 5.34. The van der Waals surface area contributed by atoms with Crippen LogP contribution in [0.25, 0.3) is 11.0 Å². The number of amides is 1. The van der Waals surface area contributed by atoms with Gasteiger partial charge in [-0.05, 0) is 64.7 Å². The number of rotatable bonds is 2. The number of nitrogens with zero attached hydrogens (tertiary/aromatic N) is 3. The number of ether oxygens (including phenoxy) is 1. The van der Waals surface area contributed by atoms with Crippen LogP contribution in [-0.4, -0.2) is 50.4 Å². The molecule has 2 atom stereocenters. The molecule has 1 N–H and O–H groups in total. The SMILES string of the molecule is Cc1ccc2c(c1)nc(C1CC1)n2[C@H]1CCN(C(=O)OC(C)(C)C)CC1O. The number of aryl methyl sites for hydroxylation is 1. The Balaban J connectivity index is 1.60. The molecule has 2 fully saturated rings. The van der Waals surface area contributed by atoms with Crippen molar-refractivity contribution in [2.75, 3.05) is 13.1 Å². The maximum atomic E-state index is 12.4. The van der Waals surface area contributed by atoms with Crippen LogP contribution in [0.15, 0.2) is 18.2 Å². The number of carbonyl (C=O) groups is 1. The van der Waals surface area contributed by atoms with Crippen molar-refractivity contribution in [3.8, 4) is 0 Å². The zero-order valence-electron chi connectivity index (χ0n) is 16.6. The number of likely N-dealkylation sites (tertiary alicyclic amines) is 1. The molecule has 1 amide bonds. The molecule has 1 saturated heterocycles. The van der Waals surface area contributed by atoms with E-state index in [2.05, 4.69) is 29.7 Å². The molecule has 0 bridgehead atoms. The Morgan fingerprint density at radius 1 is 1.26 bits per heavy atom. The molecule has 1 unspecified atom stereocenters. The molecule has 1 aliphatic carbocycles. The van der Waals surface area contributed by atoms with Crippen LogP contribution in [0.5, 0.6) is 0 Å². The van der Waals surface area contributed by atoms with E-state index >= 15 is 0 Å². The Morgan fingerprint density at radius 3 is 2.63 bits per heavy atom. The van der Waals surface area contributed by atoms with Gasteiger partial charge in [-0.25, -0.2) is 9.78 Å². The van der Waals surface area contributed by atoms with Crippen LogP contribution in [0.2, 0.25) is 0 Å². The predicted molar refractivity (Wildman–Crippen MR) is 104 cm³/mol. The van der Waals surface area contributed by atoms with Gasteiger partial charge in [-0.15, -0.1) is 0 Å². The molecule has 4 rings (SSSR count). The Bertz CT molecular complexity index is 863. The number of aromatic nitrogens is 2. The van der Waals surface area contributed by atoms with E-state index in [0.29, 0.717) is 18.9 Å². The number of fused-ring (bicyclic) bond motifs is 1. The number of hydrogen-bond donors (Lipinski definition) is 1. The Morgan fingerprint density at radius 2 is 2.00 bits per heavy atom. The minimum atomic E-state index is -0.637. The summed E-state index contributed by atoms with van der Waals surface area (Å²) in [6, 6.07) is 6.25. The molecule has 1 aromatic carbocycles. The van der Waals surface area contributed by atoms with Gasteiger partial charge in [0.2, 0.25) is 0 Å². The van der Waals surface area contributed by atoms with Crippen LogP contribution in [-0.2, 0) is 4.74 Å². The van der Waals surface area contributed by atoms with E-state index in [0.717, 1.165) is 29.7 Å². The van der Waals surface area contributed by atoms with Gasteiger partial charge in [-0.1, -0.05) is 6.07 Å². The van der Waals surface area contributed by atoms with Crippen molar-refractivity contribution >= 4 is 17.1 Å². The molecule has 2 aromatic rings. The van der Waals surface area contributed by atoms with Crippen molar-refractivity contribution < 1.29 is 14.6 Å². The summed E-state index contributed by atoms with van der Waals surface area (Å²) in [5, 5.41) is 10.9. The maximum absolute atomic E-state index is 12.4. The number of piperidine rings is 1. The van der Waals surface area contributed by atoms with Crippen molar-refractivity contribution in [2.24, 2.45) is 0 Å². The van der Waals surface area contributed by atoms with Gasteiger partial charge in [0.1, 0.15) is 11.4 Å². The highest BCUT2D eigenvalue weighted by molar-refractivity contribution is 5.77. The van der Waals surface area contributed by atoms with E-state index in [1.54, 1.807) is 4.90 Å². The van der Waals surface area contributed by atoms with E-state index in [1.165, 1.54) is 5.56 Å². The van der Waals surface area contributed by atoms with Gasteiger partial charge in [-0.3, -0.25) is 0 Å². The molecule has 1 aromatic heterocycles. The highest BCUT2D eigenvalue weighted by atomic mass is 16.6. The number of carbonyl (C=O) groups excluding carboxylic acids is 1. The molecule has 0 radical (unpaired) electrons. The van der Waals surface area contributed by atoms with Crippen molar-refractivity contribution in [1.82, 2.24) is 14.5 Å². The predicted octanol–water partition coefficient (Wildman–Crippen LogP) is 3.76. The number of aliphatic hydroxyl groups excluding tert-OH is 1. The fraction of sp³-hybridized carbons (Fsp3) is 0.619. The second kappa shape index (κ2) is 6.51. The molecule has 1 aliphatic heterocycles. The average molecular weight is 371 g/mol. The van der Waals surface area contributed by atoms with E-state index in [9.17, 15) is 9.90 Å².